The van der Waals surface area contributed by atoms with Crippen LogP contribution in [0.4, 0.5) is 0 Å². The topological polar surface area (TPSA) is 112 Å². The predicted octanol–water partition coefficient (Wildman–Crippen LogP) is 0.0731. The summed E-state index contributed by atoms with van der Waals surface area (Å²) in [5, 5.41) is 0. The van der Waals surface area contributed by atoms with E-state index in [1.807, 2.05) is 0 Å². The number of rotatable bonds is 16. The lowest BCUT2D eigenvalue weighted by molar-refractivity contribution is -0.254. The van der Waals surface area contributed by atoms with Gasteiger partial charge in [0.15, 0.2) is 0 Å². The third-order valence-electron chi connectivity index (χ3n) is 6.53. The van der Waals surface area contributed by atoms with Crippen LogP contribution >= 0.6 is 0 Å². The fourth-order valence-corrected chi connectivity index (χ4v) is 5.17. The van der Waals surface area contributed by atoms with Gasteiger partial charge in [0.1, 0.15) is 0 Å². The summed E-state index contributed by atoms with van der Waals surface area (Å²) in [5.74, 6) is -1.17. The van der Waals surface area contributed by atoms with Crippen molar-refractivity contribution in [3.63, 3.8) is 0 Å². The molecular weight excluding hydrogens is 432 g/mol. The largest absolute Gasteiger partial charge is 0.378 e. The molecule has 3 aliphatic carbocycles. The first-order chi connectivity index (χ1) is 15.9. The minimum absolute atomic E-state index is 0.261. The second-order valence-corrected chi connectivity index (χ2v) is 9.18. The summed E-state index contributed by atoms with van der Waals surface area (Å²) in [4.78, 5) is 48.0. The lowest BCUT2D eigenvalue weighted by Gasteiger charge is -2.70. The number of hydrogen-bond donors (Lipinski definition) is 0. The predicted molar refractivity (Wildman–Crippen MR) is 114 cm³/mol. The van der Waals surface area contributed by atoms with Crippen LogP contribution in [0.5, 0.6) is 0 Å². The van der Waals surface area contributed by atoms with E-state index in [9.17, 15) is 19.2 Å². The summed E-state index contributed by atoms with van der Waals surface area (Å²) < 4.78 is 22.4. The highest BCUT2D eigenvalue weighted by Crippen LogP contribution is 2.73. The monoisotopic (exact) mass is 462 g/mol. The van der Waals surface area contributed by atoms with Crippen LogP contribution in [0.2, 0.25) is 0 Å². The van der Waals surface area contributed by atoms with Gasteiger partial charge in [-0.05, 0) is 30.1 Å². The van der Waals surface area contributed by atoms with Crippen molar-refractivity contribution >= 4 is 23.6 Å². The van der Waals surface area contributed by atoms with E-state index >= 15 is 0 Å². The molecule has 3 fully saturated rings. The minimum Gasteiger partial charge on any atom is -0.378 e. The zero-order valence-electron chi connectivity index (χ0n) is 18.7. The number of ether oxygens (including phenoxy) is 4. The fraction of sp³-hybridized carbons (Fsp3) is 0.652. The maximum atomic E-state index is 11.4. The minimum atomic E-state index is -0.292. The van der Waals surface area contributed by atoms with Gasteiger partial charge in [0.25, 0.3) is 23.6 Å². The average Bonchev–Trinajstić information content (AvgIpc) is 3.23. The lowest BCUT2D eigenvalue weighted by Crippen LogP contribution is -2.65. The summed E-state index contributed by atoms with van der Waals surface area (Å²) in [6, 6.07) is 0. The summed E-state index contributed by atoms with van der Waals surface area (Å²) >= 11 is 0. The molecule has 0 aromatic carbocycles. The molecule has 0 unspecified atom stereocenters. The summed E-state index contributed by atoms with van der Waals surface area (Å²) in [7, 11) is 0. The molecule has 180 valence electrons. The summed E-state index contributed by atoms with van der Waals surface area (Å²) in [6.07, 6.45) is 8.40. The van der Waals surface area contributed by atoms with E-state index in [1.54, 1.807) is 0 Å². The molecule has 33 heavy (non-hydrogen) atoms. The summed E-state index contributed by atoms with van der Waals surface area (Å²) in [5.41, 5.74) is 0.561. The Morgan fingerprint density at radius 3 is 1.24 bits per heavy atom. The lowest BCUT2D eigenvalue weighted by atomic mass is 9.35. The van der Waals surface area contributed by atoms with E-state index in [0.29, 0.717) is 39.6 Å². The molecule has 5 rings (SSSR count). The van der Waals surface area contributed by atoms with Gasteiger partial charge in [-0.15, -0.1) is 0 Å². The molecule has 2 bridgehead atoms. The average molecular weight is 462 g/mol. The smallest absolute Gasteiger partial charge is 0.253 e. The molecule has 2 aliphatic heterocycles. The zero-order chi connectivity index (χ0) is 23.3. The molecule has 0 aromatic heterocycles. The Kier molecular flexibility index (Phi) is 7.38. The van der Waals surface area contributed by atoms with Gasteiger partial charge in [-0.2, -0.15) is 0 Å². The number of hydrogen-bond acceptors (Lipinski definition) is 8. The first-order valence-electron chi connectivity index (χ1n) is 11.3. The van der Waals surface area contributed by atoms with Gasteiger partial charge >= 0.3 is 0 Å². The molecule has 10 nitrogen and oxygen atoms in total. The van der Waals surface area contributed by atoms with Crippen LogP contribution in [-0.4, -0.2) is 99.4 Å². The van der Waals surface area contributed by atoms with Gasteiger partial charge in [-0.3, -0.25) is 29.0 Å². The standard InChI is InChI=1S/C23H30N2O8/c26-18-1-2-19(27)24(18)5-7-30-9-11-32-16-22-13-23(14-22,15-22)17-33-12-10-31-8-6-25-20(28)3-4-21(25)29/h1-4H,5-17H2. The van der Waals surface area contributed by atoms with Crippen LogP contribution in [0, 0.1) is 10.8 Å². The molecule has 4 amide bonds. The first-order valence-corrected chi connectivity index (χ1v) is 11.3. The molecule has 0 radical (unpaired) electrons. The molecule has 3 saturated carbocycles. The number of amides is 4. The van der Waals surface area contributed by atoms with Crippen LogP contribution in [-0.2, 0) is 38.1 Å². The number of imide groups is 2. The Balaban J connectivity index is 0.943. The normalized spacial score (nSPS) is 27.6. The van der Waals surface area contributed by atoms with Crippen LogP contribution in [0.25, 0.3) is 0 Å². The van der Waals surface area contributed by atoms with Crippen LogP contribution < -0.4 is 0 Å². The second-order valence-electron chi connectivity index (χ2n) is 9.18. The van der Waals surface area contributed by atoms with Crippen molar-refractivity contribution in [2.24, 2.45) is 10.8 Å². The number of nitrogens with zero attached hydrogens (tertiary/aromatic N) is 2. The highest BCUT2D eigenvalue weighted by atomic mass is 16.5. The molecule has 10 heteroatoms. The molecule has 0 aromatic rings. The van der Waals surface area contributed by atoms with Gasteiger partial charge in [0.05, 0.1) is 65.9 Å². The van der Waals surface area contributed by atoms with Crippen molar-refractivity contribution in [1.29, 1.82) is 0 Å². The van der Waals surface area contributed by atoms with Crippen molar-refractivity contribution in [3.8, 4) is 0 Å². The van der Waals surface area contributed by atoms with E-state index in [4.69, 9.17) is 18.9 Å². The van der Waals surface area contributed by atoms with E-state index in [-0.39, 0.29) is 47.5 Å². The Hall–Kier alpha value is -2.40. The molecule has 0 atom stereocenters. The zero-order valence-corrected chi connectivity index (χ0v) is 18.7. The van der Waals surface area contributed by atoms with Gasteiger partial charge in [-0.1, -0.05) is 0 Å². The molecule has 0 saturated heterocycles. The third-order valence-corrected chi connectivity index (χ3v) is 6.53. The van der Waals surface area contributed by atoms with Gasteiger partial charge < -0.3 is 18.9 Å². The van der Waals surface area contributed by atoms with Gasteiger partial charge in [0.2, 0.25) is 0 Å². The Labute approximate surface area is 192 Å². The van der Waals surface area contributed by atoms with Crippen LogP contribution in [0.15, 0.2) is 24.3 Å². The van der Waals surface area contributed by atoms with Crippen molar-refractivity contribution < 1.29 is 38.1 Å². The Morgan fingerprint density at radius 2 is 0.879 bits per heavy atom. The van der Waals surface area contributed by atoms with Crippen LogP contribution in [0.3, 0.4) is 0 Å². The van der Waals surface area contributed by atoms with Crippen molar-refractivity contribution in [1.82, 2.24) is 9.80 Å². The quantitative estimate of drug-likeness (QED) is 0.234. The van der Waals surface area contributed by atoms with Gasteiger partial charge in [0, 0.05) is 24.3 Å². The van der Waals surface area contributed by atoms with Crippen molar-refractivity contribution in [2.75, 3.05) is 65.9 Å². The molecule has 0 spiro atoms. The molecule has 2 heterocycles. The number of carbonyl (C=O) groups is 4. The molecule has 5 aliphatic rings. The highest BCUT2D eigenvalue weighted by molar-refractivity contribution is 6.13. The van der Waals surface area contributed by atoms with E-state index in [2.05, 4.69) is 0 Å². The van der Waals surface area contributed by atoms with E-state index < -0.39 is 0 Å². The number of carbonyl (C=O) groups excluding carboxylic acids is 4. The first kappa shape index (κ1) is 23.7. The van der Waals surface area contributed by atoms with Crippen molar-refractivity contribution in [3.05, 3.63) is 24.3 Å². The van der Waals surface area contributed by atoms with Crippen LogP contribution in [0.1, 0.15) is 19.3 Å². The van der Waals surface area contributed by atoms with E-state index in [1.165, 1.54) is 24.3 Å². The Bertz CT molecular complexity index is 730. The SMILES string of the molecule is O=C1C=CC(=O)N1CCOCCOCC12CC(COCCOCCN3C(=O)C=CC3=O)(C1)C2. The highest BCUT2D eigenvalue weighted by Gasteiger charge is 2.67. The third kappa shape index (κ3) is 5.57. The van der Waals surface area contributed by atoms with Crippen molar-refractivity contribution in [2.45, 2.75) is 19.3 Å². The van der Waals surface area contributed by atoms with Gasteiger partial charge in [-0.25, -0.2) is 0 Å². The summed E-state index contributed by atoms with van der Waals surface area (Å²) in [6.45, 7) is 4.44. The van der Waals surface area contributed by atoms with E-state index in [0.717, 1.165) is 42.3 Å². The second kappa shape index (κ2) is 10.3. The molecule has 0 N–H and O–H groups in total. The maximum absolute atomic E-state index is 11.4. The fourth-order valence-electron chi connectivity index (χ4n) is 5.17. The molecular formula is C23H30N2O8. The maximum Gasteiger partial charge on any atom is 0.253 e. The Morgan fingerprint density at radius 1 is 0.545 bits per heavy atom.